The second-order valence-electron chi connectivity index (χ2n) is 3.64. The number of aromatic nitrogens is 2. The van der Waals surface area contributed by atoms with Gasteiger partial charge in [-0.1, -0.05) is 12.1 Å². The average molecular weight is 245 g/mol. The number of carbonyl (C=O) groups excluding carboxylic acids is 1. The first-order chi connectivity index (χ1) is 8.74. The highest BCUT2D eigenvalue weighted by Gasteiger charge is 1.97. The van der Waals surface area contributed by atoms with Crippen LogP contribution in [0.4, 0.5) is 4.39 Å². The van der Waals surface area contributed by atoms with E-state index in [1.807, 2.05) is 0 Å². The number of hydrogen-bond acceptors (Lipinski definition) is 2. The number of carbonyl (C=O) groups is 1. The van der Waals surface area contributed by atoms with Crippen molar-refractivity contribution in [2.45, 2.75) is 6.54 Å². The van der Waals surface area contributed by atoms with Crippen LogP contribution in [0.2, 0.25) is 0 Å². The van der Waals surface area contributed by atoms with Gasteiger partial charge in [0.15, 0.2) is 0 Å². The second-order valence-corrected chi connectivity index (χ2v) is 3.64. The predicted molar refractivity (Wildman–Crippen MR) is 65.9 cm³/mol. The van der Waals surface area contributed by atoms with Gasteiger partial charge >= 0.3 is 0 Å². The fraction of sp³-hybridized carbons (Fsp3) is 0.0769. The van der Waals surface area contributed by atoms with Crippen LogP contribution in [0.1, 0.15) is 11.4 Å². The van der Waals surface area contributed by atoms with Crippen LogP contribution < -0.4 is 5.32 Å². The number of nitrogens with zero attached hydrogens (tertiary/aromatic N) is 1. The van der Waals surface area contributed by atoms with Crippen LogP contribution in [-0.2, 0) is 11.3 Å². The Bertz CT molecular complexity index is 532. The van der Waals surface area contributed by atoms with E-state index in [1.54, 1.807) is 30.6 Å². The van der Waals surface area contributed by atoms with E-state index in [9.17, 15) is 9.18 Å². The van der Waals surface area contributed by atoms with Gasteiger partial charge in [-0.15, -0.1) is 0 Å². The number of hydrogen-bond donors (Lipinski definition) is 2. The third-order valence-corrected chi connectivity index (χ3v) is 2.28. The van der Waals surface area contributed by atoms with Crippen molar-refractivity contribution in [3.8, 4) is 0 Å². The number of halogens is 1. The van der Waals surface area contributed by atoms with Gasteiger partial charge in [-0.25, -0.2) is 9.37 Å². The molecule has 1 amide bonds. The Morgan fingerprint density at radius 2 is 2.17 bits per heavy atom. The lowest BCUT2D eigenvalue weighted by atomic mass is 10.2. The molecule has 0 aliphatic carbocycles. The molecule has 0 saturated carbocycles. The number of benzene rings is 1. The largest absolute Gasteiger partial charge is 0.347 e. The van der Waals surface area contributed by atoms with Crippen molar-refractivity contribution < 1.29 is 9.18 Å². The van der Waals surface area contributed by atoms with E-state index < -0.39 is 0 Å². The van der Waals surface area contributed by atoms with E-state index >= 15 is 0 Å². The highest BCUT2D eigenvalue weighted by molar-refractivity contribution is 5.91. The molecule has 0 radical (unpaired) electrons. The summed E-state index contributed by atoms with van der Waals surface area (Å²) in [6.45, 7) is 0.347. The zero-order valence-corrected chi connectivity index (χ0v) is 9.56. The number of imidazole rings is 1. The monoisotopic (exact) mass is 245 g/mol. The normalized spacial score (nSPS) is 10.7. The smallest absolute Gasteiger partial charge is 0.244 e. The molecule has 0 saturated heterocycles. The summed E-state index contributed by atoms with van der Waals surface area (Å²) in [6.07, 6.45) is 6.33. The van der Waals surface area contributed by atoms with E-state index in [1.165, 1.54) is 18.2 Å². The number of amides is 1. The van der Waals surface area contributed by atoms with Crippen molar-refractivity contribution in [1.82, 2.24) is 15.3 Å². The SMILES string of the molecule is O=C(C=Cc1ccc(F)cc1)NCc1ncc[nH]1. The van der Waals surface area contributed by atoms with E-state index in [-0.39, 0.29) is 11.7 Å². The molecule has 18 heavy (non-hydrogen) atoms. The molecule has 1 heterocycles. The number of nitrogens with one attached hydrogen (secondary N) is 2. The van der Waals surface area contributed by atoms with Gasteiger partial charge < -0.3 is 10.3 Å². The predicted octanol–water partition coefficient (Wildman–Crippen LogP) is 1.88. The van der Waals surface area contributed by atoms with E-state index in [0.29, 0.717) is 12.4 Å². The summed E-state index contributed by atoms with van der Waals surface area (Å²) in [6, 6.07) is 5.90. The summed E-state index contributed by atoms with van der Waals surface area (Å²) < 4.78 is 12.6. The van der Waals surface area contributed by atoms with Gasteiger partial charge in [0.2, 0.25) is 5.91 Å². The van der Waals surface area contributed by atoms with Crippen LogP contribution in [0.5, 0.6) is 0 Å². The van der Waals surface area contributed by atoms with E-state index in [4.69, 9.17) is 0 Å². The Balaban J connectivity index is 1.85. The first-order valence-corrected chi connectivity index (χ1v) is 5.44. The molecular formula is C13H12FN3O. The molecule has 0 aliphatic rings. The summed E-state index contributed by atoms with van der Waals surface area (Å²) in [4.78, 5) is 18.3. The quantitative estimate of drug-likeness (QED) is 0.808. The maximum atomic E-state index is 12.6. The summed E-state index contributed by atoms with van der Waals surface area (Å²) in [5.74, 6) is 0.170. The van der Waals surface area contributed by atoms with E-state index in [2.05, 4.69) is 15.3 Å². The maximum Gasteiger partial charge on any atom is 0.244 e. The number of aromatic amines is 1. The minimum atomic E-state index is -0.297. The van der Waals surface area contributed by atoms with Crippen molar-refractivity contribution in [2.24, 2.45) is 0 Å². The molecule has 0 fully saturated rings. The zero-order chi connectivity index (χ0) is 12.8. The molecule has 0 spiro atoms. The summed E-state index contributed by atoms with van der Waals surface area (Å²) >= 11 is 0. The lowest BCUT2D eigenvalue weighted by molar-refractivity contribution is -0.116. The van der Waals surface area contributed by atoms with Gasteiger partial charge in [0.25, 0.3) is 0 Å². The van der Waals surface area contributed by atoms with Crippen LogP contribution in [0.3, 0.4) is 0 Å². The summed E-state index contributed by atoms with van der Waals surface area (Å²) in [5.41, 5.74) is 0.768. The maximum absolute atomic E-state index is 12.6. The Morgan fingerprint density at radius 3 is 2.83 bits per heavy atom. The molecule has 4 nitrogen and oxygen atoms in total. The van der Waals surface area contributed by atoms with Gasteiger partial charge in [0.1, 0.15) is 11.6 Å². The van der Waals surface area contributed by atoms with Crippen molar-refractivity contribution in [2.75, 3.05) is 0 Å². The highest BCUT2D eigenvalue weighted by Crippen LogP contribution is 2.04. The molecule has 2 N–H and O–H groups in total. The van der Waals surface area contributed by atoms with Gasteiger partial charge in [-0.05, 0) is 23.8 Å². The second kappa shape index (κ2) is 5.77. The zero-order valence-electron chi connectivity index (χ0n) is 9.56. The number of rotatable bonds is 4. The van der Waals surface area contributed by atoms with Gasteiger partial charge in [-0.2, -0.15) is 0 Å². The van der Waals surface area contributed by atoms with Crippen LogP contribution in [0.15, 0.2) is 42.7 Å². The molecule has 0 aliphatic heterocycles. The minimum absolute atomic E-state index is 0.226. The lowest BCUT2D eigenvalue weighted by Crippen LogP contribution is -2.20. The lowest BCUT2D eigenvalue weighted by Gasteiger charge is -1.98. The van der Waals surface area contributed by atoms with Crippen molar-refractivity contribution in [3.05, 3.63) is 59.9 Å². The number of H-pyrrole nitrogens is 1. The molecule has 0 atom stereocenters. The van der Waals surface area contributed by atoms with Crippen molar-refractivity contribution in [3.63, 3.8) is 0 Å². The van der Waals surface area contributed by atoms with Crippen molar-refractivity contribution in [1.29, 1.82) is 0 Å². The molecule has 2 rings (SSSR count). The first-order valence-electron chi connectivity index (χ1n) is 5.44. The van der Waals surface area contributed by atoms with Crippen LogP contribution in [0.25, 0.3) is 6.08 Å². The van der Waals surface area contributed by atoms with Crippen molar-refractivity contribution >= 4 is 12.0 Å². The first kappa shape index (κ1) is 12.0. The van der Waals surface area contributed by atoms with Gasteiger partial charge in [-0.3, -0.25) is 4.79 Å². The Hall–Kier alpha value is -2.43. The molecular weight excluding hydrogens is 233 g/mol. The van der Waals surface area contributed by atoms with E-state index in [0.717, 1.165) is 5.56 Å². The Labute approximate surface area is 104 Å². The third-order valence-electron chi connectivity index (χ3n) is 2.28. The molecule has 92 valence electrons. The topological polar surface area (TPSA) is 57.8 Å². The minimum Gasteiger partial charge on any atom is -0.347 e. The van der Waals surface area contributed by atoms with Crippen LogP contribution >= 0.6 is 0 Å². The Morgan fingerprint density at radius 1 is 1.39 bits per heavy atom. The van der Waals surface area contributed by atoms with Gasteiger partial charge in [0, 0.05) is 18.5 Å². The van der Waals surface area contributed by atoms with Crippen LogP contribution in [0, 0.1) is 5.82 Å². The molecule has 0 bridgehead atoms. The molecule has 1 aromatic carbocycles. The third kappa shape index (κ3) is 3.55. The molecule has 2 aromatic rings. The summed E-state index contributed by atoms with van der Waals surface area (Å²) in [5, 5.41) is 2.67. The molecule has 0 unspecified atom stereocenters. The fourth-order valence-electron chi connectivity index (χ4n) is 1.37. The Kier molecular flexibility index (Phi) is 3.86. The standard InChI is InChI=1S/C13H12FN3O/c14-11-4-1-10(2-5-11)3-6-13(18)17-9-12-15-7-8-16-12/h1-8H,9H2,(H,15,16)(H,17,18). The highest BCUT2D eigenvalue weighted by atomic mass is 19.1. The molecule has 1 aromatic heterocycles. The van der Waals surface area contributed by atoms with Gasteiger partial charge in [0.05, 0.1) is 6.54 Å². The van der Waals surface area contributed by atoms with Crippen LogP contribution in [-0.4, -0.2) is 15.9 Å². The summed E-state index contributed by atoms with van der Waals surface area (Å²) in [7, 11) is 0. The molecule has 5 heteroatoms. The fourth-order valence-corrected chi connectivity index (χ4v) is 1.37. The average Bonchev–Trinajstić information content (AvgIpc) is 2.89.